The van der Waals surface area contributed by atoms with Gasteiger partial charge in [0.2, 0.25) is 0 Å². The third-order valence-corrected chi connectivity index (χ3v) is 6.41. The highest BCUT2D eigenvalue weighted by molar-refractivity contribution is 8.22. The molecule has 0 saturated heterocycles. The first-order chi connectivity index (χ1) is 12.7. The second-order valence-electron chi connectivity index (χ2n) is 5.84. The van der Waals surface area contributed by atoms with E-state index in [4.69, 9.17) is 0 Å². The first-order valence-electron chi connectivity index (χ1n) is 8.59. The largest absolute Gasteiger partial charge is 0.294 e. The predicted octanol–water partition coefficient (Wildman–Crippen LogP) is 5.62. The van der Waals surface area contributed by atoms with E-state index in [-0.39, 0.29) is 16.8 Å². The van der Waals surface area contributed by atoms with Crippen LogP contribution < -0.4 is 0 Å². The van der Waals surface area contributed by atoms with E-state index in [1.165, 1.54) is 0 Å². The molecule has 2 aromatic carbocycles. The molecule has 1 atom stereocenters. The van der Waals surface area contributed by atoms with Crippen LogP contribution >= 0.6 is 23.5 Å². The maximum absolute atomic E-state index is 12.9. The molecule has 0 aromatic heterocycles. The van der Waals surface area contributed by atoms with Crippen molar-refractivity contribution in [3.8, 4) is 0 Å². The second-order valence-corrected chi connectivity index (χ2v) is 8.63. The number of hydrogen-bond donors (Lipinski definition) is 0. The average molecular weight is 381 g/mol. The van der Waals surface area contributed by atoms with Crippen LogP contribution in [-0.2, 0) is 4.79 Å². The van der Waals surface area contributed by atoms with Gasteiger partial charge >= 0.3 is 0 Å². The summed E-state index contributed by atoms with van der Waals surface area (Å²) in [5, 5.41) is 0.0593. The van der Waals surface area contributed by atoms with Gasteiger partial charge in [0.15, 0.2) is 11.6 Å². The normalized spacial score (nSPS) is 17.7. The summed E-state index contributed by atoms with van der Waals surface area (Å²) in [6.45, 7) is 2.04. The Morgan fingerprint density at radius 3 is 2.42 bits per heavy atom. The third-order valence-electron chi connectivity index (χ3n) is 3.97. The molecule has 0 aliphatic carbocycles. The molecule has 0 spiro atoms. The predicted molar refractivity (Wildman–Crippen MR) is 112 cm³/mol. The average Bonchev–Trinajstić information content (AvgIpc) is 2.67. The van der Waals surface area contributed by atoms with Gasteiger partial charge in [-0.1, -0.05) is 79.7 Å². The summed E-state index contributed by atoms with van der Waals surface area (Å²) in [5.41, 5.74) is 2.04. The summed E-state index contributed by atoms with van der Waals surface area (Å²) >= 11 is 3.20. The number of carbonyl (C=O) groups excluding carboxylic acids is 2. The number of Topliss-reactive ketones (excluding diaryl/α,β-unsaturated/α-hetero) is 2. The van der Waals surface area contributed by atoms with E-state index in [0.29, 0.717) is 17.6 Å². The van der Waals surface area contributed by atoms with Gasteiger partial charge in [-0.05, 0) is 11.3 Å². The van der Waals surface area contributed by atoms with Gasteiger partial charge in [0, 0.05) is 17.2 Å². The zero-order valence-electron chi connectivity index (χ0n) is 14.6. The SMILES string of the molecule is CCSC1=C(C(=O)c2ccccc2)C(=O)CC(C=Cc2ccccc2)S1. The third kappa shape index (κ3) is 4.57. The monoisotopic (exact) mass is 380 g/mol. The van der Waals surface area contributed by atoms with Crippen LogP contribution in [0.15, 0.2) is 76.5 Å². The maximum atomic E-state index is 12.9. The Hall–Kier alpha value is -2.04. The molecule has 26 heavy (non-hydrogen) atoms. The van der Waals surface area contributed by atoms with E-state index < -0.39 is 0 Å². The van der Waals surface area contributed by atoms with E-state index in [2.05, 4.69) is 6.08 Å². The molecule has 2 aromatic rings. The fourth-order valence-electron chi connectivity index (χ4n) is 2.72. The Morgan fingerprint density at radius 2 is 1.77 bits per heavy atom. The van der Waals surface area contributed by atoms with Crippen LogP contribution in [0.25, 0.3) is 6.08 Å². The fraction of sp³-hybridized carbons (Fsp3) is 0.182. The Bertz CT molecular complexity index is 839. The molecule has 1 aliphatic rings. The van der Waals surface area contributed by atoms with E-state index in [1.807, 2.05) is 61.5 Å². The molecule has 0 radical (unpaired) electrons. The lowest BCUT2D eigenvalue weighted by molar-refractivity contribution is -0.115. The lowest BCUT2D eigenvalue weighted by atomic mass is 9.98. The molecule has 0 saturated carbocycles. The number of carbonyl (C=O) groups is 2. The van der Waals surface area contributed by atoms with Crippen molar-refractivity contribution in [1.82, 2.24) is 0 Å². The minimum absolute atomic E-state index is 0.0590. The number of thioether (sulfide) groups is 2. The molecule has 0 N–H and O–H groups in total. The highest BCUT2D eigenvalue weighted by atomic mass is 32.2. The number of hydrogen-bond acceptors (Lipinski definition) is 4. The summed E-state index contributed by atoms with van der Waals surface area (Å²) in [7, 11) is 0. The molecule has 1 aliphatic heterocycles. The lowest BCUT2D eigenvalue weighted by Crippen LogP contribution is -2.22. The van der Waals surface area contributed by atoms with Gasteiger partial charge in [-0.15, -0.1) is 23.5 Å². The molecule has 1 unspecified atom stereocenters. The Kier molecular flexibility index (Phi) is 6.53. The zero-order chi connectivity index (χ0) is 18.4. The highest BCUT2D eigenvalue weighted by Gasteiger charge is 2.31. The van der Waals surface area contributed by atoms with Gasteiger partial charge < -0.3 is 0 Å². The van der Waals surface area contributed by atoms with Crippen LogP contribution in [0.3, 0.4) is 0 Å². The van der Waals surface area contributed by atoms with Crippen LogP contribution in [0.2, 0.25) is 0 Å². The molecule has 1 heterocycles. The smallest absolute Gasteiger partial charge is 0.198 e. The molecule has 3 rings (SSSR count). The molecule has 0 bridgehead atoms. The van der Waals surface area contributed by atoms with Crippen molar-refractivity contribution < 1.29 is 9.59 Å². The molecule has 0 fully saturated rings. The Morgan fingerprint density at radius 1 is 1.12 bits per heavy atom. The summed E-state index contributed by atoms with van der Waals surface area (Å²) in [4.78, 5) is 25.6. The quantitative estimate of drug-likeness (QED) is 0.481. The van der Waals surface area contributed by atoms with Gasteiger partial charge in [0.25, 0.3) is 0 Å². The summed E-state index contributed by atoms with van der Waals surface area (Å²) in [5.74, 6) is 0.608. The van der Waals surface area contributed by atoms with Crippen molar-refractivity contribution in [3.63, 3.8) is 0 Å². The molecule has 4 heteroatoms. The van der Waals surface area contributed by atoms with E-state index >= 15 is 0 Å². The van der Waals surface area contributed by atoms with Crippen molar-refractivity contribution in [3.05, 3.63) is 87.7 Å². The Balaban J connectivity index is 1.85. The summed E-state index contributed by atoms with van der Waals surface area (Å²) < 4.78 is 0.848. The number of benzene rings is 2. The maximum Gasteiger partial charge on any atom is 0.198 e. The van der Waals surface area contributed by atoms with Crippen LogP contribution in [0, 0.1) is 0 Å². The van der Waals surface area contributed by atoms with Crippen molar-refractivity contribution >= 4 is 41.2 Å². The van der Waals surface area contributed by atoms with Crippen LogP contribution in [0.4, 0.5) is 0 Å². The van der Waals surface area contributed by atoms with Gasteiger partial charge in [-0.3, -0.25) is 9.59 Å². The molecule has 132 valence electrons. The van der Waals surface area contributed by atoms with Crippen LogP contribution in [0.5, 0.6) is 0 Å². The minimum Gasteiger partial charge on any atom is -0.294 e. The molecule has 0 amide bonds. The first-order valence-corrected chi connectivity index (χ1v) is 10.5. The van der Waals surface area contributed by atoms with Crippen molar-refractivity contribution in [2.24, 2.45) is 0 Å². The van der Waals surface area contributed by atoms with Crippen LogP contribution in [-0.4, -0.2) is 22.6 Å². The van der Waals surface area contributed by atoms with Gasteiger partial charge in [0.1, 0.15) is 0 Å². The van der Waals surface area contributed by atoms with Gasteiger partial charge in [-0.2, -0.15) is 0 Å². The molecule has 2 nitrogen and oxygen atoms in total. The second kappa shape index (κ2) is 9.06. The summed E-state index contributed by atoms with van der Waals surface area (Å²) in [6.07, 6.45) is 4.47. The van der Waals surface area contributed by atoms with E-state index in [1.54, 1.807) is 35.7 Å². The standard InChI is InChI=1S/C22H20O2S2/c1-2-25-22-20(21(24)17-11-7-4-8-12-17)19(23)15-18(26-22)14-13-16-9-5-3-6-10-16/h3-14,18H,2,15H2,1H3. The summed E-state index contributed by atoms with van der Waals surface area (Å²) in [6, 6.07) is 19.1. The zero-order valence-corrected chi connectivity index (χ0v) is 16.2. The van der Waals surface area contributed by atoms with Crippen molar-refractivity contribution in [2.45, 2.75) is 18.6 Å². The minimum atomic E-state index is -0.162. The topological polar surface area (TPSA) is 34.1 Å². The molecular weight excluding hydrogens is 360 g/mol. The number of allylic oxidation sites excluding steroid dienone is 1. The van der Waals surface area contributed by atoms with E-state index in [9.17, 15) is 9.59 Å². The molecular formula is C22H20O2S2. The fourth-order valence-corrected chi connectivity index (χ4v) is 5.32. The van der Waals surface area contributed by atoms with E-state index in [0.717, 1.165) is 15.6 Å². The number of rotatable bonds is 6. The highest BCUT2D eigenvalue weighted by Crippen LogP contribution is 2.42. The lowest BCUT2D eigenvalue weighted by Gasteiger charge is -2.23. The first kappa shape index (κ1) is 18.7. The van der Waals surface area contributed by atoms with Crippen molar-refractivity contribution in [1.29, 1.82) is 0 Å². The van der Waals surface area contributed by atoms with Crippen molar-refractivity contribution in [2.75, 3.05) is 5.75 Å². The van der Waals surface area contributed by atoms with Gasteiger partial charge in [0.05, 0.1) is 9.81 Å². The van der Waals surface area contributed by atoms with Gasteiger partial charge in [-0.25, -0.2) is 0 Å². The Labute approximate surface area is 162 Å². The van der Waals surface area contributed by atoms with Crippen LogP contribution in [0.1, 0.15) is 29.3 Å². The number of ketones is 2.